The first-order chi connectivity index (χ1) is 17.2. The Morgan fingerprint density at radius 2 is 1.81 bits per heavy atom. The molecule has 2 heterocycles. The van der Waals surface area contributed by atoms with Crippen molar-refractivity contribution in [2.24, 2.45) is 0 Å². The fraction of sp³-hybridized carbons (Fsp3) is 0.320. The van der Waals surface area contributed by atoms with Gasteiger partial charge in [0.05, 0.1) is 23.6 Å². The third-order valence-electron chi connectivity index (χ3n) is 5.95. The van der Waals surface area contributed by atoms with E-state index in [1.165, 1.54) is 22.9 Å². The normalized spacial score (nSPS) is 14.5. The molecule has 0 spiro atoms. The van der Waals surface area contributed by atoms with E-state index < -0.39 is 11.7 Å². The van der Waals surface area contributed by atoms with Gasteiger partial charge in [0.2, 0.25) is 0 Å². The van der Waals surface area contributed by atoms with Crippen LogP contribution in [0.3, 0.4) is 0 Å². The van der Waals surface area contributed by atoms with Gasteiger partial charge in [-0.05, 0) is 56.2 Å². The zero-order chi connectivity index (χ0) is 25.9. The van der Waals surface area contributed by atoms with Crippen LogP contribution >= 0.6 is 0 Å². The fourth-order valence-electron chi connectivity index (χ4n) is 4.04. The summed E-state index contributed by atoms with van der Waals surface area (Å²) < 4.78 is 45.6. The van der Waals surface area contributed by atoms with Gasteiger partial charge < -0.3 is 20.7 Å². The van der Waals surface area contributed by atoms with Crippen molar-refractivity contribution in [3.05, 3.63) is 65.7 Å². The Kier molecular flexibility index (Phi) is 7.18. The Morgan fingerprint density at radius 3 is 2.44 bits per heavy atom. The van der Waals surface area contributed by atoms with Crippen molar-refractivity contribution >= 4 is 17.8 Å². The minimum atomic E-state index is -4.46. The molecule has 1 saturated heterocycles. The van der Waals surface area contributed by atoms with Crippen molar-refractivity contribution in [3.63, 3.8) is 0 Å². The average molecular weight is 502 g/mol. The number of nitrogen functional groups attached to an aromatic ring is 1. The topological polar surface area (TPSA) is 102 Å². The van der Waals surface area contributed by atoms with Gasteiger partial charge in [-0.2, -0.15) is 18.3 Å². The highest BCUT2D eigenvalue weighted by Crippen LogP contribution is 2.32. The molecule has 1 fully saturated rings. The van der Waals surface area contributed by atoms with Crippen molar-refractivity contribution in [1.29, 1.82) is 0 Å². The number of ether oxygens (including phenoxy) is 1. The molecule has 4 rings (SSSR count). The number of carbonyl (C=O) groups is 2. The van der Waals surface area contributed by atoms with Crippen LogP contribution in [-0.2, 0) is 10.9 Å². The summed E-state index contributed by atoms with van der Waals surface area (Å²) in [6, 6.07) is 12.9. The first-order valence-electron chi connectivity index (χ1n) is 11.5. The summed E-state index contributed by atoms with van der Waals surface area (Å²) in [5.41, 5.74) is 6.89. The van der Waals surface area contributed by atoms with E-state index in [1.807, 2.05) is 0 Å². The van der Waals surface area contributed by atoms with Crippen molar-refractivity contribution in [2.75, 3.05) is 25.4 Å². The summed E-state index contributed by atoms with van der Waals surface area (Å²) in [6.07, 6.45) is -3.54. The largest absolute Gasteiger partial charge is 0.450 e. The number of alkyl halides is 3. The van der Waals surface area contributed by atoms with Gasteiger partial charge in [-0.15, -0.1) is 0 Å². The molecule has 0 aliphatic carbocycles. The summed E-state index contributed by atoms with van der Waals surface area (Å²) in [4.78, 5) is 26.1. The van der Waals surface area contributed by atoms with E-state index in [9.17, 15) is 22.8 Å². The lowest BCUT2D eigenvalue weighted by atomic mass is 10.0. The van der Waals surface area contributed by atoms with Crippen molar-refractivity contribution in [3.8, 4) is 16.9 Å². The number of halogens is 3. The van der Waals surface area contributed by atoms with Gasteiger partial charge in [0.15, 0.2) is 0 Å². The molecule has 0 bridgehead atoms. The maximum atomic E-state index is 13.1. The van der Waals surface area contributed by atoms with E-state index in [4.69, 9.17) is 10.5 Å². The number of benzene rings is 2. The Labute approximate surface area is 205 Å². The molecule has 36 heavy (non-hydrogen) atoms. The number of nitrogens with zero attached hydrogens (tertiary/aromatic N) is 3. The molecule has 0 unspecified atom stereocenters. The summed E-state index contributed by atoms with van der Waals surface area (Å²) in [5.74, 6) is 0.00204. The summed E-state index contributed by atoms with van der Waals surface area (Å²) >= 11 is 0. The van der Waals surface area contributed by atoms with Gasteiger partial charge in [0, 0.05) is 36.3 Å². The second-order valence-electron chi connectivity index (χ2n) is 8.43. The van der Waals surface area contributed by atoms with Crippen LogP contribution in [0, 0.1) is 0 Å². The van der Waals surface area contributed by atoms with Crippen LogP contribution in [0.25, 0.3) is 16.9 Å². The molecule has 0 atom stereocenters. The van der Waals surface area contributed by atoms with Gasteiger partial charge in [-0.3, -0.25) is 4.79 Å². The number of carbonyl (C=O) groups excluding carboxylic acids is 2. The summed E-state index contributed by atoms with van der Waals surface area (Å²) in [7, 11) is 0. The lowest BCUT2D eigenvalue weighted by Gasteiger charge is -2.31. The highest BCUT2D eigenvalue weighted by Gasteiger charge is 2.30. The molecular weight excluding hydrogens is 475 g/mol. The van der Waals surface area contributed by atoms with Crippen molar-refractivity contribution in [1.82, 2.24) is 20.0 Å². The molecule has 2 aromatic carbocycles. The first-order valence-corrected chi connectivity index (χ1v) is 11.5. The zero-order valence-corrected chi connectivity index (χ0v) is 19.6. The van der Waals surface area contributed by atoms with Crippen LogP contribution in [0.4, 0.5) is 23.8 Å². The van der Waals surface area contributed by atoms with Crippen LogP contribution in [0.5, 0.6) is 0 Å². The van der Waals surface area contributed by atoms with E-state index in [2.05, 4.69) is 10.4 Å². The van der Waals surface area contributed by atoms with E-state index in [1.54, 1.807) is 36.1 Å². The number of hydrogen-bond donors (Lipinski definition) is 2. The molecule has 2 amide bonds. The highest BCUT2D eigenvalue weighted by atomic mass is 19.4. The van der Waals surface area contributed by atoms with Gasteiger partial charge in [-0.25, -0.2) is 9.48 Å². The van der Waals surface area contributed by atoms with Gasteiger partial charge in [0.1, 0.15) is 5.82 Å². The van der Waals surface area contributed by atoms with Gasteiger partial charge >= 0.3 is 12.3 Å². The number of amides is 2. The Morgan fingerprint density at radius 1 is 1.11 bits per heavy atom. The van der Waals surface area contributed by atoms with Crippen molar-refractivity contribution in [2.45, 2.75) is 32.0 Å². The molecule has 11 heteroatoms. The number of nitrogens with two attached hydrogens (primary N) is 1. The zero-order valence-electron chi connectivity index (χ0n) is 19.6. The Bertz CT molecular complexity index is 1230. The quantitative estimate of drug-likeness (QED) is 0.536. The first kappa shape index (κ1) is 25.1. The average Bonchev–Trinajstić information content (AvgIpc) is 3.26. The molecule has 0 saturated carbocycles. The molecular formula is C25H26F3N5O3. The van der Waals surface area contributed by atoms with E-state index in [-0.39, 0.29) is 23.9 Å². The summed E-state index contributed by atoms with van der Waals surface area (Å²) in [5, 5.41) is 7.34. The second kappa shape index (κ2) is 10.3. The monoisotopic (exact) mass is 501 g/mol. The van der Waals surface area contributed by atoms with E-state index in [0.717, 1.165) is 12.1 Å². The number of hydrogen-bond acceptors (Lipinski definition) is 5. The molecule has 190 valence electrons. The third kappa shape index (κ3) is 5.61. The van der Waals surface area contributed by atoms with Crippen LogP contribution < -0.4 is 11.1 Å². The van der Waals surface area contributed by atoms with Gasteiger partial charge in [0.25, 0.3) is 5.91 Å². The van der Waals surface area contributed by atoms with Crippen LogP contribution in [0.15, 0.2) is 54.6 Å². The SMILES string of the molecule is CCOC(=O)N1CCC(NC(=O)c2ccc(-n3nc(-c4cccc(C(F)(F)F)c4)cc3N)cc2)CC1. The molecule has 3 aromatic rings. The fourth-order valence-corrected chi connectivity index (χ4v) is 4.04. The molecule has 1 aliphatic rings. The molecule has 1 aromatic heterocycles. The third-order valence-corrected chi connectivity index (χ3v) is 5.95. The minimum absolute atomic E-state index is 0.0559. The second-order valence-corrected chi connectivity index (χ2v) is 8.43. The standard InChI is InChI=1S/C25H26F3N5O3/c1-2-36-24(35)32-12-10-19(11-13-32)30-23(34)16-6-8-20(9-7-16)33-22(29)15-21(31-33)17-4-3-5-18(14-17)25(26,27)28/h3-9,14-15,19H,2,10-13,29H2,1H3,(H,30,34). The maximum Gasteiger partial charge on any atom is 0.416 e. The van der Waals surface area contributed by atoms with Crippen LogP contribution in [0.2, 0.25) is 0 Å². The summed E-state index contributed by atoms with van der Waals surface area (Å²) in [6.45, 7) is 3.10. The number of rotatable bonds is 5. The number of aromatic nitrogens is 2. The number of likely N-dealkylation sites (tertiary alicyclic amines) is 1. The van der Waals surface area contributed by atoms with Crippen LogP contribution in [-0.4, -0.2) is 52.4 Å². The molecule has 3 N–H and O–H groups in total. The Hall–Kier alpha value is -4.02. The lowest BCUT2D eigenvalue weighted by Crippen LogP contribution is -2.46. The highest BCUT2D eigenvalue weighted by molar-refractivity contribution is 5.94. The minimum Gasteiger partial charge on any atom is -0.450 e. The van der Waals surface area contributed by atoms with E-state index >= 15 is 0 Å². The predicted molar refractivity (Wildman–Crippen MR) is 127 cm³/mol. The number of anilines is 1. The van der Waals surface area contributed by atoms with Gasteiger partial charge in [-0.1, -0.05) is 12.1 Å². The van der Waals surface area contributed by atoms with Crippen molar-refractivity contribution < 1.29 is 27.5 Å². The van der Waals surface area contributed by atoms with E-state index in [0.29, 0.717) is 55.0 Å². The molecule has 0 radical (unpaired) electrons. The molecule has 1 aliphatic heterocycles. The maximum absolute atomic E-state index is 13.1. The molecule has 8 nitrogen and oxygen atoms in total. The number of nitrogens with one attached hydrogen (secondary N) is 1. The number of piperidine rings is 1. The lowest BCUT2D eigenvalue weighted by molar-refractivity contribution is -0.137. The van der Waals surface area contributed by atoms with Crippen LogP contribution in [0.1, 0.15) is 35.7 Å². The Balaban J connectivity index is 1.41. The predicted octanol–water partition coefficient (Wildman–Crippen LogP) is 4.49. The smallest absolute Gasteiger partial charge is 0.416 e.